The number of nitrogens with two attached hydrogens (primary N) is 1. The molecule has 17 heavy (non-hydrogen) atoms. The molecule has 1 saturated carbocycles. The molecule has 0 spiro atoms. The van der Waals surface area contributed by atoms with E-state index in [1.54, 1.807) is 0 Å². The first-order valence-corrected chi connectivity index (χ1v) is 6.81. The zero-order valence-electron chi connectivity index (χ0n) is 11.1. The third kappa shape index (κ3) is 2.80. The number of rotatable bonds is 3. The van der Waals surface area contributed by atoms with Gasteiger partial charge in [0.25, 0.3) is 0 Å². The molecule has 98 valence electrons. The molecule has 1 unspecified atom stereocenters. The molecule has 0 aromatic heterocycles. The summed E-state index contributed by atoms with van der Waals surface area (Å²) in [6.45, 7) is 4.91. The molecule has 2 aliphatic rings. The van der Waals surface area contributed by atoms with E-state index in [9.17, 15) is 4.79 Å². The van der Waals surface area contributed by atoms with E-state index in [2.05, 4.69) is 18.9 Å². The van der Waals surface area contributed by atoms with Gasteiger partial charge in [-0.25, -0.2) is 0 Å². The van der Waals surface area contributed by atoms with Gasteiger partial charge in [-0.2, -0.15) is 0 Å². The summed E-state index contributed by atoms with van der Waals surface area (Å²) in [7, 11) is 2.15. The van der Waals surface area contributed by atoms with Crippen molar-refractivity contribution in [1.82, 2.24) is 9.80 Å². The lowest BCUT2D eigenvalue weighted by molar-refractivity contribution is -0.136. The maximum Gasteiger partial charge on any atom is 0.224 e. The Morgan fingerprint density at radius 1 is 1.41 bits per heavy atom. The van der Waals surface area contributed by atoms with Gasteiger partial charge in [0.2, 0.25) is 5.91 Å². The molecule has 2 fully saturated rings. The number of hydrogen-bond acceptors (Lipinski definition) is 3. The average Bonchev–Trinajstić information content (AvgIpc) is 2.27. The first-order valence-electron chi connectivity index (χ1n) is 6.81. The van der Waals surface area contributed by atoms with Crippen LogP contribution in [0.5, 0.6) is 0 Å². The Labute approximate surface area is 104 Å². The van der Waals surface area contributed by atoms with Crippen LogP contribution in [-0.2, 0) is 4.79 Å². The van der Waals surface area contributed by atoms with Gasteiger partial charge in [0.15, 0.2) is 0 Å². The van der Waals surface area contributed by atoms with Crippen LogP contribution in [0.15, 0.2) is 0 Å². The Balaban J connectivity index is 1.87. The third-order valence-electron chi connectivity index (χ3n) is 4.45. The quantitative estimate of drug-likeness (QED) is 0.793. The number of nitrogens with zero attached hydrogens (tertiary/aromatic N) is 2. The second kappa shape index (κ2) is 4.94. The van der Waals surface area contributed by atoms with Gasteiger partial charge in [0.1, 0.15) is 0 Å². The lowest BCUT2D eigenvalue weighted by atomic mass is 9.75. The van der Waals surface area contributed by atoms with Crippen LogP contribution < -0.4 is 5.73 Å². The largest absolute Gasteiger partial charge is 0.340 e. The van der Waals surface area contributed by atoms with E-state index in [1.165, 1.54) is 6.42 Å². The molecule has 2 N–H and O–H groups in total. The van der Waals surface area contributed by atoms with Crippen LogP contribution in [0, 0.1) is 0 Å². The van der Waals surface area contributed by atoms with Crippen molar-refractivity contribution in [3.8, 4) is 0 Å². The van der Waals surface area contributed by atoms with Crippen LogP contribution in [0.2, 0.25) is 0 Å². The van der Waals surface area contributed by atoms with Crippen molar-refractivity contribution in [2.24, 2.45) is 5.73 Å². The normalized spacial score (nSPS) is 28.9. The van der Waals surface area contributed by atoms with Gasteiger partial charge in [-0.15, -0.1) is 0 Å². The van der Waals surface area contributed by atoms with E-state index >= 15 is 0 Å². The minimum atomic E-state index is -0.178. The van der Waals surface area contributed by atoms with Crippen molar-refractivity contribution < 1.29 is 4.79 Å². The van der Waals surface area contributed by atoms with E-state index in [-0.39, 0.29) is 11.4 Å². The molecule has 1 atom stereocenters. The average molecular weight is 239 g/mol. The molecule has 0 radical (unpaired) electrons. The summed E-state index contributed by atoms with van der Waals surface area (Å²) in [6, 6.07) is 0.516. The molecule has 1 saturated heterocycles. The van der Waals surface area contributed by atoms with Gasteiger partial charge in [-0.05, 0) is 32.7 Å². The fraction of sp³-hybridized carbons (Fsp3) is 0.923. The lowest BCUT2D eigenvalue weighted by Gasteiger charge is -2.42. The Bertz CT molecular complexity index is 288. The summed E-state index contributed by atoms with van der Waals surface area (Å²) in [4.78, 5) is 16.6. The van der Waals surface area contributed by atoms with Gasteiger partial charge in [-0.3, -0.25) is 9.69 Å². The lowest BCUT2D eigenvalue weighted by Crippen LogP contribution is -2.56. The van der Waals surface area contributed by atoms with Crippen LogP contribution in [-0.4, -0.2) is 54.0 Å². The second-order valence-corrected chi connectivity index (χ2v) is 5.78. The highest BCUT2D eigenvalue weighted by Crippen LogP contribution is 2.32. The highest BCUT2D eigenvalue weighted by Gasteiger charge is 2.37. The molecule has 0 aromatic carbocycles. The van der Waals surface area contributed by atoms with Crippen molar-refractivity contribution >= 4 is 5.91 Å². The summed E-state index contributed by atoms with van der Waals surface area (Å²) in [5.41, 5.74) is 5.97. The van der Waals surface area contributed by atoms with Crippen LogP contribution in [0.1, 0.15) is 39.0 Å². The van der Waals surface area contributed by atoms with Crippen molar-refractivity contribution in [3.05, 3.63) is 0 Å². The van der Waals surface area contributed by atoms with Crippen LogP contribution in [0.3, 0.4) is 0 Å². The predicted molar refractivity (Wildman–Crippen MR) is 68.7 cm³/mol. The van der Waals surface area contributed by atoms with Gasteiger partial charge in [0.05, 0.1) is 0 Å². The standard InChI is InChI=1S/C13H25N3O/c1-3-11-10-16(8-7-15(11)2)12(17)9-13(14)5-4-6-13/h11H,3-10,14H2,1-2H3. The fourth-order valence-corrected chi connectivity index (χ4v) is 2.83. The van der Waals surface area contributed by atoms with Crippen molar-refractivity contribution in [2.75, 3.05) is 26.7 Å². The molecule has 0 bridgehead atoms. The van der Waals surface area contributed by atoms with Crippen molar-refractivity contribution in [1.29, 1.82) is 0 Å². The molecule has 1 amide bonds. The van der Waals surface area contributed by atoms with E-state index in [0.29, 0.717) is 12.5 Å². The summed E-state index contributed by atoms with van der Waals surface area (Å²) >= 11 is 0. The van der Waals surface area contributed by atoms with Gasteiger partial charge in [0, 0.05) is 37.6 Å². The number of hydrogen-bond donors (Lipinski definition) is 1. The van der Waals surface area contributed by atoms with E-state index in [4.69, 9.17) is 5.73 Å². The Morgan fingerprint density at radius 2 is 2.12 bits per heavy atom. The molecule has 1 aliphatic heterocycles. The van der Waals surface area contributed by atoms with Gasteiger partial charge < -0.3 is 10.6 Å². The fourth-order valence-electron chi connectivity index (χ4n) is 2.83. The van der Waals surface area contributed by atoms with E-state index < -0.39 is 0 Å². The first kappa shape index (κ1) is 12.8. The van der Waals surface area contributed by atoms with Gasteiger partial charge in [-0.1, -0.05) is 6.92 Å². The Hall–Kier alpha value is -0.610. The molecule has 4 nitrogen and oxygen atoms in total. The Morgan fingerprint density at radius 3 is 2.65 bits per heavy atom. The summed E-state index contributed by atoms with van der Waals surface area (Å²) < 4.78 is 0. The van der Waals surface area contributed by atoms with Crippen molar-refractivity contribution in [3.63, 3.8) is 0 Å². The summed E-state index contributed by atoms with van der Waals surface area (Å²) in [6.07, 6.45) is 4.87. The number of carbonyl (C=O) groups is 1. The Kier molecular flexibility index (Phi) is 3.73. The number of amides is 1. The highest BCUT2D eigenvalue weighted by molar-refractivity contribution is 5.77. The molecule has 0 aromatic rings. The summed E-state index contributed by atoms with van der Waals surface area (Å²) in [5.74, 6) is 0.263. The molecule has 1 heterocycles. The number of piperazine rings is 1. The third-order valence-corrected chi connectivity index (χ3v) is 4.45. The van der Waals surface area contributed by atoms with Crippen molar-refractivity contribution in [2.45, 2.75) is 50.6 Å². The van der Waals surface area contributed by atoms with Crippen LogP contribution in [0.4, 0.5) is 0 Å². The van der Waals surface area contributed by atoms with Crippen LogP contribution in [0.25, 0.3) is 0 Å². The zero-order valence-corrected chi connectivity index (χ0v) is 11.1. The molecular weight excluding hydrogens is 214 g/mol. The SMILES string of the molecule is CCC1CN(C(=O)CC2(N)CCC2)CCN1C. The van der Waals surface area contributed by atoms with E-state index in [1.807, 2.05) is 4.90 Å². The predicted octanol–water partition coefficient (Wildman–Crippen LogP) is 0.811. The van der Waals surface area contributed by atoms with Crippen LogP contribution >= 0.6 is 0 Å². The molecule has 1 aliphatic carbocycles. The first-order chi connectivity index (χ1) is 8.04. The minimum Gasteiger partial charge on any atom is -0.340 e. The monoisotopic (exact) mass is 239 g/mol. The summed E-state index contributed by atoms with van der Waals surface area (Å²) in [5, 5.41) is 0. The van der Waals surface area contributed by atoms with E-state index in [0.717, 1.165) is 38.9 Å². The maximum absolute atomic E-state index is 12.2. The highest BCUT2D eigenvalue weighted by atomic mass is 16.2. The maximum atomic E-state index is 12.2. The van der Waals surface area contributed by atoms with Gasteiger partial charge >= 0.3 is 0 Å². The zero-order chi connectivity index (χ0) is 12.5. The molecule has 2 rings (SSSR count). The smallest absolute Gasteiger partial charge is 0.224 e. The molecular formula is C13H25N3O. The minimum absolute atomic E-state index is 0.178. The number of carbonyl (C=O) groups excluding carboxylic acids is 1. The molecule has 4 heteroatoms. The second-order valence-electron chi connectivity index (χ2n) is 5.78. The number of likely N-dealkylation sites (N-methyl/N-ethyl adjacent to an activating group) is 1. The topological polar surface area (TPSA) is 49.6 Å².